The van der Waals surface area contributed by atoms with Gasteiger partial charge in [-0.2, -0.15) is 0 Å². The van der Waals surface area contributed by atoms with Gasteiger partial charge in [-0.25, -0.2) is 0 Å². The molecule has 0 aliphatic heterocycles. The van der Waals surface area contributed by atoms with Crippen LogP contribution >= 0.6 is 0 Å². The van der Waals surface area contributed by atoms with E-state index in [9.17, 15) is 13.6 Å². The van der Waals surface area contributed by atoms with Crippen LogP contribution < -0.4 is 5.32 Å². The van der Waals surface area contributed by atoms with E-state index in [2.05, 4.69) is 11.9 Å². The summed E-state index contributed by atoms with van der Waals surface area (Å²) in [4.78, 5) is 11.3. The third kappa shape index (κ3) is 4.23. The van der Waals surface area contributed by atoms with E-state index in [-0.39, 0.29) is 17.9 Å². The normalized spacial score (nSPS) is 30.2. The van der Waals surface area contributed by atoms with Gasteiger partial charge in [0.2, 0.25) is 0 Å². The number of Topliss-reactive ketones (excluding diaryl/α,β-unsaturated/α-hetero) is 1. The first kappa shape index (κ1) is 17.0. The van der Waals surface area contributed by atoms with Gasteiger partial charge in [0, 0.05) is 11.3 Å². The molecule has 4 atom stereocenters. The highest BCUT2D eigenvalue weighted by Crippen LogP contribution is 2.32. The number of allylic oxidation sites excluding steroid dienone is 3. The monoisotopic (exact) mass is 296 g/mol. The Labute approximate surface area is 123 Å². The minimum absolute atomic E-state index is 0.0216. The maximum Gasteiger partial charge on any atom is 0.146 e. The van der Waals surface area contributed by atoms with Crippen LogP contribution in [0.15, 0.2) is 36.0 Å². The fraction of sp³-hybridized carbons (Fsp3) is 0.533. The molecule has 0 spiro atoms. The zero-order chi connectivity index (χ0) is 15.3. The van der Waals surface area contributed by atoms with E-state index in [1.165, 1.54) is 6.92 Å². The van der Waals surface area contributed by atoms with Gasteiger partial charge in [0.05, 0.1) is 6.04 Å². The van der Waals surface area contributed by atoms with E-state index in [0.29, 0.717) is 12.8 Å². The Morgan fingerprint density at radius 2 is 2.25 bits per heavy atom. The molecule has 112 valence electrons. The van der Waals surface area contributed by atoms with Gasteiger partial charge in [0.15, 0.2) is 0 Å². The predicted molar refractivity (Wildman–Crippen MR) is 81.0 cm³/mol. The Balaban J connectivity index is 2.98. The Kier molecular flexibility index (Phi) is 6.52. The van der Waals surface area contributed by atoms with Gasteiger partial charge in [-0.05, 0) is 55.8 Å². The number of nitrogens with one attached hydrogen (secondary N) is 1. The fourth-order valence-corrected chi connectivity index (χ4v) is 3.40. The third-order valence-electron chi connectivity index (χ3n) is 3.64. The second-order valence-electron chi connectivity index (χ2n) is 5.06. The molecule has 0 aromatic rings. The highest BCUT2D eigenvalue weighted by atomic mass is 32.2. The molecule has 0 aromatic carbocycles. The van der Waals surface area contributed by atoms with E-state index in [1.54, 1.807) is 13.0 Å². The van der Waals surface area contributed by atoms with Gasteiger partial charge in [0.1, 0.15) is 5.78 Å². The van der Waals surface area contributed by atoms with Crippen molar-refractivity contribution in [3.63, 3.8) is 0 Å². The van der Waals surface area contributed by atoms with E-state index in [1.807, 2.05) is 19.1 Å². The summed E-state index contributed by atoms with van der Waals surface area (Å²) >= 11 is -2.17. The molecule has 1 rings (SSSR count). The summed E-state index contributed by atoms with van der Waals surface area (Å²) in [7, 11) is 0. The maximum absolute atomic E-state index is 11.5. The van der Waals surface area contributed by atoms with E-state index < -0.39 is 16.3 Å². The standard InChI is InChI=1S/C15H23NO3S/c1-5-7-12-8-13(16-10(3)11(4)17)9-15(20(18)19)14(12)6-2/h5-7,10,13,15-16H,1,8-9H2,2-4H3,(H,18,19)/p-1/b12-7-,14-6+/t10?,13-,15?/m1/s1. The predicted octanol–water partition coefficient (Wildman–Crippen LogP) is 2.02. The second kappa shape index (κ2) is 7.67. The van der Waals surface area contributed by atoms with Crippen molar-refractivity contribution in [3.8, 4) is 0 Å². The molecule has 0 amide bonds. The summed E-state index contributed by atoms with van der Waals surface area (Å²) in [5.41, 5.74) is 1.81. The number of carbonyl (C=O) groups excluding carboxylic acids is 1. The van der Waals surface area contributed by atoms with E-state index >= 15 is 0 Å². The molecule has 1 aliphatic rings. The molecule has 5 heteroatoms. The van der Waals surface area contributed by atoms with E-state index in [4.69, 9.17) is 0 Å². The summed E-state index contributed by atoms with van der Waals surface area (Å²) in [5, 5.41) is 2.68. The van der Waals surface area contributed by atoms with Gasteiger partial charge in [-0.3, -0.25) is 9.00 Å². The van der Waals surface area contributed by atoms with Crippen molar-refractivity contribution in [2.75, 3.05) is 0 Å². The van der Waals surface area contributed by atoms with Crippen molar-refractivity contribution in [2.45, 2.75) is 50.9 Å². The Morgan fingerprint density at radius 3 is 2.70 bits per heavy atom. The lowest BCUT2D eigenvalue weighted by molar-refractivity contribution is -0.118. The third-order valence-corrected chi connectivity index (χ3v) is 4.55. The lowest BCUT2D eigenvalue weighted by Crippen LogP contribution is -2.45. The topological polar surface area (TPSA) is 69.2 Å². The van der Waals surface area contributed by atoms with Crippen LogP contribution in [0.2, 0.25) is 0 Å². The van der Waals surface area contributed by atoms with Gasteiger partial charge in [-0.15, -0.1) is 0 Å². The molecule has 1 aliphatic carbocycles. The van der Waals surface area contributed by atoms with Gasteiger partial charge in [-0.1, -0.05) is 24.8 Å². The molecule has 20 heavy (non-hydrogen) atoms. The summed E-state index contributed by atoms with van der Waals surface area (Å²) in [6.45, 7) is 8.85. The van der Waals surface area contributed by atoms with Crippen molar-refractivity contribution < 1.29 is 13.6 Å². The van der Waals surface area contributed by atoms with Crippen molar-refractivity contribution in [2.24, 2.45) is 0 Å². The number of rotatable bonds is 5. The maximum atomic E-state index is 11.5. The number of carbonyl (C=O) groups is 1. The number of ketones is 1. The van der Waals surface area contributed by atoms with Crippen molar-refractivity contribution in [1.29, 1.82) is 0 Å². The van der Waals surface area contributed by atoms with Crippen molar-refractivity contribution in [3.05, 3.63) is 36.0 Å². The molecular weight excluding hydrogens is 274 g/mol. The Bertz CT molecular complexity index is 468. The zero-order valence-electron chi connectivity index (χ0n) is 12.2. The van der Waals surface area contributed by atoms with Crippen LogP contribution in [0.4, 0.5) is 0 Å². The lowest BCUT2D eigenvalue weighted by atomic mass is 9.84. The SMILES string of the molecule is C=C/C=C1/C[C@@H](NC(C)C(C)=O)CC(S(=O)[O-])/C1=C/C. The van der Waals surface area contributed by atoms with E-state index in [0.717, 1.165) is 11.1 Å². The summed E-state index contributed by atoms with van der Waals surface area (Å²) in [6.07, 6.45) is 6.56. The van der Waals surface area contributed by atoms with Crippen LogP contribution in [0.3, 0.4) is 0 Å². The van der Waals surface area contributed by atoms with Crippen LogP contribution in [0, 0.1) is 0 Å². The van der Waals surface area contributed by atoms with Crippen LogP contribution in [0.5, 0.6) is 0 Å². The van der Waals surface area contributed by atoms with Crippen LogP contribution in [0.25, 0.3) is 0 Å². The Morgan fingerprint density at radius 1 is 1.60 bits per heavy atom. The number of hydrogen-bond acceptors (Lipinski definition) is 4. The smallest absolute Gasteiger partial charge is 0.146 e. The van der Waals surface area contributed by atoms with Crippen molar-refractivity contribution in [1.82, 2.24) is 5.32 Å². The molecule has 1 N–H and O–H groups in total. The minimum atomic E-state index is -2.17. The fourth-order valence-electron chi connectivity index (χ4n) is 2.52. The average Bonchev–Trinajstić information content (AvgIpc) is 2.38. The molecule has 3 unspecified atom stereocenters. The quantitative estimate of drug-likeness (QED) is 0.788. The summed E-state index contributed by atoms with van der Waals surface area (Å²) in [5.74, 6) is 0.0517. The minimum Gasteiger partial charge on any atom is -0.772 e. The molecule has 0 heterocycles. The molecule has 0 radical (unpaired) electrons. The van der Waals surface area contributed by atoms with Crippen molar-refractivity contribution >= 4 is 16.9 Å². The molecular formula is C15H22NO3S-. The second-order valence-corrected chi connectivity index (χ2v) is 6.15. The first-order valence-corrected chi connectivity index (χ1v) is 7.87. The molecule has 0 aromatic heterocycles. The van der Waals surface area contributed by atoms with Crippen LogP contribution in [-0.4, -0.2) is 31.9 Å². The highest BCUT2D eigenvalue weighted by molar-refractivity contribution is 7.80. The first-order valence-electron chi connectivity index (χ1n) is 6.73. The van der Waals surface area contributed by atoms with Crippen LogP contribution in [0.1, 0.15) is 33.6 Å². The van der Waals surface area contributed by atoms with Crippen LogP contribution in [-0.2, 0) is 15.9 Å². The molecule has 0 saturated heterocycles. The molecule has 1 fully saturated rings. The summed E-state index contributed by atoms with van der Waals surface area (Å²) in [6, 6.07) is -0.287. The summed E-state index contributed by atoms with van der Waals surface area (Å²) < 4.78 is 22.9. The van der Waals surface area contributed by atoms with Gasteiger partial charge >= 0.3 is 0 Å². The average molecular weight is 296 g/mol. The number of hydrogen-bond donors (Lipinski definition) is 1. The molecule has 4 nitrogen and oxygen atoms in total. The first-order chi connectivity index (χ1) is 9.40. The highest BCUT2D eigenvalue weighted by Gasteiger charge is 2.30. The molecule has 0 bridgehead atoms. The Hall–Kier alpha value is -1.04. The van der Waals surface area contributed by atoms with Gasteiger partial charge < -0.3 is 9.87 Å². The van der Waals surface area contributed by atoms with Gasteiger partial charge in [0.25, 0.3) is 0 Å². The zero-order valence-corrected chi connectivity index (χ0v) is 13.0. The molecule has 1 saturated carbocycles. The lowest BCUT2D eigenvalue weighted by Gasteiger charge is -2.36. The largest absolute Gasteiger partial charge is 0.772 e.